The number of methoxy groups -OCH3 is 2. The molecule has 4 rings (SSSR count). The number of likely N-dealkylation sites (N-methyl/N-ethyl adjacent to an activating group) is 1. The molecule has 1 aromatic carbocycles. The molecule has 2 amide bonds. The van der Waals surface area contributed by atoms with Gasteiger partial charge in [0.25, 0.3) is 5.91 Å². The summed E-state index contributed by atoms with van der Waals surface area (Å²) >= 11 is 0. The second-order valence-electron chi connectivity index (χ2n) is 7.44. The van der Waals surface area contributed by atoms with Crippen molar-refractivity contribution in [2.45, 2.75) is 19.4 Å². The van der Waals surface area contributed by atoms with Crippen molar-refractivity contribution in [1.29, 1.82) is 0 Å². The van der Waals surface area contributed by atoms with Crippen LogP contribution in [0.3, 0.4) is 0 Å². The van der Waals surface area contributed by atoms with Crippen molar-refractivity contribution < 1.29 is 23.5 Å². The Morgan fingerprint density at radius 3 is 2.75 bits per heavy atom. The van der Waals surface area contributed by atoms with Gasteiger partial charge < -0.3 is 29.0 Å². The zero-order chi connectivity index (χ0) is 22.8. The molecule has 11 nitrogen and oxygen atoms in total. The first-order chi connectivity index (χ1) is 15.4. The fraction of sp³-hybridized carbons (Fsp3) is 0.381. The molecule has 2 aromatic heterocycles. The maximum absolute atomic E-state index is 12.7. The van der Waals surface area contributed by atoms with Gasteiger partial charge in [-0.25, -0.2) is 19.7 Å². The van der Waals surface area contributed by atoms with Crippen molar-refractivity contribution in [3.8, 4) is 5.75 Å². The van der Waals surface area contributed by atoms with Gasteiger partial charge in [-0.3, -0.25) is 4.79 Å². The number of amides is 2. The summed E-state index contributed by atoms with van der Waals surface area (Å²) in [7, 11) is 4.60. The lowest BCUT2D eigenvalue weighted by Crippen LogP contribution is -2.39. The molecule has 1 atom stereocenters. The molecule has 1 saturated heterocycles. The summed E-state index contributed by atoms with van der Waals surface area (Å²) in [5.41, 5.74) is 1.77. The van der Waals surface area contributed by atoms with E-state index in [0.717, 1.165) is 13.0 Å². The van der Waals surface area contributed by atoms with Crippen LogP contribution in [-0.2, 0) is 4.74 Å². The van der Waals surface area contributed by atoms with Gasteiger partial charge in [-0.05, 0) is 6.42 Å². The second-order valence-corrected chi connectivity index (χ2v) is 7.44. The molecule has 0 radical (unpaired) electrons. The highest BCUT2D eigenvalue weighted by molar-refractivity contribution is 6.03. The van der Waals surface area contributed by atoms with E-state index in [1.165, 1.54) is 20.4 Å². The molecule has 0 bridgehead atoms. The first-order valence-corrected chi connectivity index (χ1v) is 10.0. The lowest BCUT2D eigenvalue weighted by atomic mass is 10.2. The summed E-state index contributed by atoms with van der Waals surface area (Å²) in [5, 5.41) is 2.78. The SMILES string of the molecule is COC(=O)N(C)[C@@H]1CCN(c2cnc(C(=O)Nc3cc(OC)c4nc(C)oc4c3)cn2)C1. The molecule has 168 valence electrons. The van der Waals surface area contributed by atoms with Crippen LogP contribution in [0, 0.1) is 6.92 Å². The van der Waals surface area contributed by atoms with Gasteiger partial charge in [-0.1, -0.05) is 0 Å². The van der Waals surface area contributed by atoms with Crippen LogP contribution in [0.25, 0.3) is 11.1 Å². The minimum Gasteiger partial charge on any atom is -0.494 e. The standard InChI is InChI=1S/C21H24N6O5/c1-12-24-19-16(30-3)7-13(8-17(19)32-12)25-20(28)15-9-23-18(10-22-15)27-6-5-14(11-27)26(2)21(29)31-4/h7-10,14H,5-6,11H2,1-4H3,(H,25,28)/t14-/m1/s1. The Morgan fingerprint density at radius 1 is 1.25 bits per heavy atom. The van der Waals surface area contributed by atoms with Gasteiger partial charge in [-0.15, -0.1) is 0 Å². The Balaban J connectivity index is 1.44. The van der Waals surface area contributed by atoms with E-state index in [1.807, 2.05) is 4.90 Å². The van der Waals surface area contributed by atoms with Crippen LogP contribution in [0.15, 0.2) is 28.9 Å². The van der Waals surface area contributed by atoms with Crippen molar-refractivity contribution in [1.82, 2.24) is 19.9 Å². The van der Waals surface area contributed by atoms with Gasteiger partial charge in [0.15, 0.2) is 22.7 Å². The third kappa shape index (κ3) is 4.13. The van der Waals surface area contributed by atoms with Crippen molar-refractivity contribution in [2.75, 3.05) is 44.6 Å². The molecule has 1 aliphatic heterocycles. The smallest absolute Gasteiger partial charge is 0.409 e. The Hall–Kier alpha value is -3.89. The fourth-order valence-electron chi connectivity index (χ4n) is 3.69. The Labute approximate surface area is 184 Å². The number of rotatable bonds is 5. The van der Waals surface area contributed by atoms with Crippen LogP contribution in [0.4, 0.5) is 16.3 Å². The van der Waals surface area contributed by atoms with E-state index in [4.69, 9.17) is 13.9 Å². The Morgan fingerprint density at radius 2 is 2.06 bits per heavy atom. The minimum atomic E-state index is -0.411. The Bertz CT molecular complexity index is 1150. The predicted molar refractivity (Wildman–Crippen MR) is 116 cm³/mol. The van der Waals surface area contributed by atoms with E-state index < -0.39 is 5.91 Å². The van der Waals surface area contributed by atoms with Crippen molar-refractivity contribution in [3.05, 3.63) is 36.1 Å². The Kier molecular flexibility index (Phi) is 5.80. The average Bonchev–Trinajstić information content (AvgIpc) is 3.44. The highest BCUT2D eigenvalue weighted by Crippen LogP contribution is 2.30. The average molecular weight is 440 g/mol. The summed E-state index contributed by atoms with van der Waals surface area (Å²) in [6.07, 6.45) is 3.40. The maximum atomic E-state index is 12.7. The molecule has 3 heterocycles. The number of carbonyl (C=O) groups excluding carboxylic acids is 2. The number of hydrogen-bond acceptors (Lipinski definition) is 9. The quantitative estimate of drug-likeness (QED) is 0.637. The van der Waals surface area contributed by atoms with Crippen molar-refractivity contribution >= 4 is 34.6 Å². The molecule has 11 heteroatoms. The first kappa shape index (κ1) is 21.3. The molecule has 1 fully saturated rings. The van der Waals surface area contributed by atoms with E-state index in [-0.39, 0.29) is 17.8 Å². The second kappa shape index (κ2) is 8.69. The third-order valence-electron chi connectivity index (χ3n) is 5.41. The largest absolute Gasteiger partial charge is 0.494 e. The number of benzene rings is 1. The van der Waals surface area contributed by atoms with Gasteiger partial charge in [0.1, 0.15) is 11.5 Å². The molecule has 32 heavy (non-hydrogen) atoms. The van der Waals surface area contributed by atoms with Gasteiger partial charge in [0, 0.05) is 44.9 Å². The molecule has 1 N–H and O–H groups in total. The minimum absolute atomic E-state index is 0.0249. The third-order valence-corrected chi connectivity index (χ3v) is 5.41. The van der Waals surface area contributed by atoms with E-state index in [0.29, 0.717) is 40.8 Å². The number of carbonyl (C=O) groups is 2. The summed E-state index contributed by atoms with van der Waals surface area (Å²) in [6.45, 7) is 3.08. The lowest BCUT2D eigenvalue weighted by Gasteiger charge is -2.23. The van der Waals surface area contributed by atoms with Crippen molar-refractivity contribution in [2.24, 2.45) is 0 Å². The van der Waals surface area contributed by atoms with Gasteiger partial charge >= 0.3 is 6.09 Å². The van der Waals surface area contributed by atoms with E-state index in [9.17, 15) is 9.59 Å². The van der Waals surface area contributed by atoms with E-state index in [2.05, 4.69) is 20.3 Å². The van der Waals surface area contributed by atoms with Crippen LogP contribution >= 0.6 is 0 Å². The fourth-order valence-corrected chi connectivity index (χ4v) is 3.69. The summed E-state index contributed by atoms with van der Waals surface area (Å²) in [6, 6.07) is 3.38. The van der Waals surface area contributed by atoms with Crippen LogP contribution < -0.4 is 15.0 Å². The number of oxazole rings is 1. The van der Waals surface area contributed by atoms with Crippen molar-refractivity contribution in [3.63, 3.8) is 0 Å². The zero-order valence-electron chi connectivity index (χ0n) is 18.3. The maximum Gasteiger partial charge on any atom is 0.409 e. The molecule has 3 aromatic rings. The van der Waals surface area contributed by atoms with Crippen LogP contribution in [0.1, 0.15) is 22.8 Å². The number of aromatic nitrogens is 3. The van der Waals surface area contributed by atoms with E-state index in [1.54, 1.807) is 37.2 Å². The molecule has 0 saturated carbocycles. The number of aryl methyl sites for hydroxylation is 1. The highest BCUT2D eigenvalue weighted by Gasteiger charge is 2.29. The van der Waals surface area contributed by atoms with Gasteiger partial charge in [0.05, 0.1) is 32.7 Å². The summed E-state index contributed by atoms with van der Waals surface area (Å²) in [4.78, 5) is 40.9. The zero-order valence-corrected chi connectivity index (χ0v) is 18.3. The van der Waals surface area contributed by atoms with Crippen LogP contribution in [0.5, 0.6) is 5.75 Å². The lowest BCUT2D eigenvalue weighted by molar-refractivity contribution is 0.102. The topological polar surface area (TPSA) is 123 Å². The monoisotopic (exact) mass is 440 g/mol. The van der Waals surface area contributed by atoms with Gasteiger partial charge in [0.2, 0.25) is 0 Å². The van der Waals surface area contributed by atoms with Crippen LogP contribution in [-0.4, -0.2) is 72.3 Å². The summed E-state index contributed by atoms with van der Waals surface area (Å²) < 4.78 is 15.7. The molecule has 0 spiro atoms. The molecule has 0 aliphatic carbocycles. The van der Waals surface area contributed by atoms with Gasteiger partial charge in [-0.2, -0.15) is 0 Å². The molecule has 1 aliphatic rings. The number of fused-ring (bicyclic) bond motifs is 1. The first-order valence-electron chi connectivity index (χ1n) is 10.0. The van der Waals surface area contributed by atoms with Crippen LogP contribution in [0.2, 0.25) is 0 Å². The predicted octanol–water partition coefficient (Wildman–Crippen LogP) is 2.46. The molecular formula is C21H24N6O5. The number of nitrogens with one attached hydrogen (secondary N) is 1. The normalized spacial score (nSPS) is 15.6. The summed E-state index contributed by atoms with van der Waals surface area (Å²) in [5.74, 6) is 1.23. The number of ether oxygens (including phenoxy) is 2. The molecular weight excluding hydrogens is 416 g/mol. The number of nitrogens with zero attached hydrogens (tertiary/aromatic N) is 5. The van der Waals surface area contributed by atoms with E-state index >= 15 is 0 Å². The number of anilines is 2. The highest BCUT2D eigenvalue weighted by atomic mass is 16.5. The number of hydrogen-bond donors (Lipinski definition) is 1. The molecule has 0 unspecified atom stereocenters.